The predicted molar refractivity (Wildman–Crippen MR) is 139 cm³/mol. The number of halogens is 1. The first-order valence-electron chi connectivity index (χ1n) is 12.0. The Bertz CT molecular complexity index is 1470. The number of aryl methyl sites for hydroxylation is 1. The third-order valence-electron chi connectivity index (χ3n) is 6.52. The average molecular weight is 520 g/mol. The summed E-state index contributed by atoms with van der Waals surface area (Å²) in [7, 11) is 0. The monoisotopic (exact) mass is 519 g/mol. The summed E-state index contributed by atoms with van der Waals surface area (Å²) in [6.07, 6.45) is 0.199. The molecule has 0 aliphatic carbocycles. The lowest BCUT2D eigenvalue weighted by molar-refractivity contribution is -0.139. The number of aliphatic carboxylic acids is 1. The number of carbonyl (C=O) groups is 2. The zero-order chi connectivity index (χ0) is 25.9. The molecule has 0 saturated carbocycles. The first kappa shape index (κ1) is 24.6. The van der Waals surface area contributed by atoms with Gasteiger partial charge in [0.15, 0.2) is 6.61 Å². The predicted octanol–water partition coefficient (Wildman–Crippen LogP) is 5.25. The van der Waals surface area contributed by atoms with E-state index in [0.29, 0.717) is 35.8 Å². The van der Waals surface area contributed by atoms with Gasteiger partial charge in [-0.15, -0.1) is 0 Å². The van der Waals surface area contributed by atoms with Gasteiger partial charge in [-0.25, -0.2) is 14.6 Å². The van der Waals surface area contributed by atoms with Gasteiger partial charge >= 0.3 is 12.1 Å². The number of carboxylic acid groups (broad SMARTS) is 1. The molecule has 0 unspecified atom stereocenters. The third kappa shape index (κ3) is 5.11. The van der Waals surface area contributed by atoms with Crippen molar-refractivity contribution in [3.63, 3.8) is 0 Å². The molecule has 3 aromatic carbocycles. The van der Waals surface area contributed by atoms with E-state index < -0.39 is 24.7 Å². The normalized spacial score (nSPS) is 14.9. The summed E-state index contributed by atoms with van der Waals surface area (Å²) in [5.74, 6) is 0.108. The number of para-hydroxylation sites is 2. The molecule has 0 saturated heterocycles. The van der Waals surface area contributed by atoms with E-state index in [-0.39, 0.29) is 6.61 Å². The van der Waals surface area contributed by atoms with Gasteiger partial charge < -0.3 is 19.1 Å². The number of fused-ring (bicyclic) bond motifs is 2. The van der Waals surface area contributed by atoms with Gasteiger partial charge in [-0.05, 0) is 54.8 Å². The Labute approximate surface area is 219 Å². The van der Waals surface area contributed by atoms with Crippen LogP contribution in [-0.2, 0) is 22.5 Å². The summed E-state index contributed by atoms with van der Waals surface area (Å²) >= 11 is 6.34. The van der Waals surface area contributed by atoms with Gasteiger partial charge in [0.1, 0.15) is 18.2 Å². The van der Waals surface area contributed by atoms with Gasteiger partial charge in [0.25, 0.3) is 0 Å². The third-order valence-corrected chi connectivity index (χ3v) is 6.76. The molecule has 0 radical (unpaired) electrons. The number of carbonyl (C=O) groups excluding carboxylic acids is 1. The summed E-state index contributed by atoms with van der Waals surface area (Å²) in [5, 5.41) is 9.60. The molecule has 190 valence electrons. The fourth-order valence-corrected chi connectivity index (χ4v) is 5.07. The van der Waals surface area contributed by atoms with Gasteiger partial charge in [0.2, 0.25) is 0 Å². The van der Waals surface area contributed by atoms with Crippen molar-refractivity contribution in [3.05, 3.63) is 94.3 Å². The summed E-state index contributed by atoms with van der Waals surface area (Å²) in [5.41, 5.74) is 4.51. The van der Waals surface area contributed by atoms with E-state index in [1.54, 1.807) is 23.1 Å². The maximum atomic E-state index is 13.4. The van der Waals surface area contributed by atoms with Crippen molar-refractivity contribution in [3.8, 4) is 5.75 Å². The van der Waals surface area contributed by atoms with Crippen LogP contribution < -0.4 is 4.74 Å². The number of hydrogen-bond acceptors (Lipinski definition) is 5. The molecule has 1 aliphatic heterocycles. The van der Waals surface area contributed by atoms with Crippen molar-refractivity contribution in [2.45, 2.75) is 25.9 Å². The van der Waals surface area contributed by atoms with Crippen LogP contribution in [0.3, 0.4) is 0 Å². The number of imidazole rings is 1. The standard InChI is InChI=1S/C28H26ClN3O5/c1-18-30-23-8-4-5-9-24(23)31(18)14-15-36-28(35)32-13-12-19-6-2-3-7-21(19)27(32)22-16-20(29)10-11-25(22)37-17-26(33)34/h2-11,16,27H,12-15,17H2,1H3,(H,33,34)/t27-/m0/s1. The molecule has 1 atom stereocenters. The lowest BCUT2D eigenvalue weighted by Crippen LogP contribution is -2.41. The molecule has 1 aromatic heterocycles. The summed E-state index contributed by atoms with van der Waals surface area (Å²) in [4.78, 5) is 30.8. The molecule has 5 rings (SSSR count). The molecule has 1 amide bonds. The van der Waals surface area contributed by atoms with Gasteiger partial charge in [-0.3, -0.25) is 4.90 Å². The van der Waals surface area contributed by atoms with E-state index in [1.165, 1.54) is 0 Å². The molecule has 9 heteroatoms. The molecular formula is C28H26ClN3O5. The van der Waals surface area contributed by atoms with Crippen LogP contribution in [0.15, 0.2) is 66.7 Å². The Morgan fingerprint density at radius 3 is 2.70 bits per heavy atom. The number of nitrogens with zero attached hydrogens (tertiary/aromatic N) is 3. The lowest BCUT2D eigenvalue weighted by Gasteiger charge is -2.37. The second-order valence-electron chi connectivity index (χ2n) is 8.82. The van der Waals surface area contributed by atoms with Crippen molar-refractivity contribution in [2.24, 2.45) is 0 Å². The number of hydrogen-bond donors (Lipinski definition) is 1. The highest BCUT2D eigenvalue weighted by Gasteiger charge is 2.35. The van der Waals surface area contributed by atoms with Crippen molar-refractivity contribution >= 4 is 34.7 Å². The fraction of sp³-hybridized carbons (Fsp3) is 0.250. The summed E-state index contributed by atoms with van der Waals surface area (Å²) < 4.78 is 13.4. The number of aromatic nitrogens is 2. The number of rotatable bonds is 7. The SMILES string of the molecule is Cc1nc2ccccc2n1CCOC(=O)N1CCc2ccccc2[C@H]1c1cc(Cl)ccc1OCC(=O)O. The second kappa shape index (κ2) is 10.5. The van der Waals surface area contributed by atoms with Crippen LogP contribution in [0.2, 0.25) is 5.02 Å². The van der Waals surface area contributed by atoms with Crippen LogP contribution in [0.5, 0.6) is 5.75 Å². The Balaban J connectivity index is 1.42. The molecule has 1 N–H and O–H groups in total. The maximum Gasteiger partial charge on any atom is 0.410 e. The quantitative estimate of drug-likeness (QED) is 0.358. The molecule has 37 heavy (non-hydrogen) atoms. The van der Waals surface area contributed by atoms with Gasteiger partial charge in [-0.2, -0.15) is 0 Å². The van der Waals surface area contributed by atoms with E-state index in [2.05, 4.69) is 4.98 Å². The van der Waals surface area contributed by atoms with Crippen LogP contribution in [0.25, 0.3) is 11.0 Å². The van der Waals surface area contributed by atoms with Crippen LogP contribution in [0.4, 0.5) is 4.79 Å². The van der Waals surface area contributed by atoms with Gasteiger partial charge in [0, 0.05) is 17.1 Å². The molecule has 2 heterocycles. The zero-order valence-electron chi connectivity index (χ0n) is 20.3. The van der Waals surface area contributed by atoms with Crippen molar-refractivity contribution < 1.29 is 24.2 Å². The smallest absolute Gasteiger partial charge is 0.410 e. The van der Waals surface area contributed by atoms with Crippen molar-refractivity contribution in [2.75, 3.05) is 19.8 Å². The van der Waals surface area contributed by atoms with E-state index in [0.717, 1.165) is 28.0 Å². The molecule has 1 aliphatic rings. The Kier molecular flexibility index (Phi) is 7.01. The topological polar surface area (TPSA) is 93.9 Å². The maximum absolute atomic E-state index is 13.4. The van der Waals surface area contributed by atoms with Crippen LogP contribution in [0.1, 0.15) is 28.6 Å². The summed E-state index contributed by atoms with van der Waals surface area (Å²) in [6, 6.07) is 20.1. The number of ether oxygens (including phenoxy) is 2. The van der Waals surface area contributed by atoms with E-state index in [1.807, 2.05) is 60.0 Å². The number of benzene rings is 3. The number of amides is 1. The first-order chi connectivity index (χ1) is 17.9. The Morgan fingerprint density at radius 2 is 1.86 bits per heavy atom. The van der Waals surface area contributed by atoms with Crippen molar-refractivity contribution in [1.29, 1.82) is 0 Å². The second-order valence-corrected chi connectivity index (χ2v) is 9.26. The Hall–Kier alpha value is -4.04. The average Bonchev–Trinajstić information content (AvgIpc) is 3.22. The van der Waals surface area contributed by atoms with Crippen LogP contribution in [0, 0.1) is 6.92 Å². The lowest BCUT2D eigenvalue weighted by atomic mass is 9.88. The van der Waals surface area contributed by atoms with E-state index in [4.69, 9.17) is 26.2 Å². The number of carboxylic acids is 1. The molecule has 0 bridgehead atoms. The minimum absolute atomic E-state index is 0.169. The first-order valence-corrected chi connectivity index (χ1v) is 12.4. The highest BCUT2D eigenvalue weighted by atomic mass is 35.5. The van der Waals surface area contributed by atoms with Crippen LogP contribution in [-0.4, -0.2) is 51.4 Å². The Morgan fingerprint density at radius 1 is 1.08 bits per heavy atom. The van der Waals surface area contributed by atoms with Gasteiger partial charge in [-0.1, -0.05) is 48.0 Å². The highest BCUT2D eigenvalue weighted by Crippen LogP contribution is 2.40. The van der Waals surface area contributed by atoms with Crippen molar-refractivity contribution in [1.82, 2.24) is 14.5 Å². The fourth-order valence-electron chi connectivity index (χ4n) is 4.89. The van der Waals surface area contributed by atoms with Crippen LogP contribution >= 0.6 is 11.6 Å². The minimum atomic E-state index is -1.09. The molecule has 0 fully saturated rings. The minimum Gasteiger partial charge on any atom is -0.482 e. The molecular weight excluding hydrogens is 494 g/mol. The van der Waals surface area contributed by atoms with E-state index >= 15 is 0 Å². The van der Waals surface area contributed by atoms with Gasteiger partial charge in [0.05, 0.1) is 23.6 Å². The molecule has 4 aromatic rings. The van der Waals surface area contributed by atoms with E-state index in [9.17, 15) is 9.59 Å². The molecule has 8 nitrogen and oxygen atoms in total. The largest absolute Gasteiger partial charge is 0.482 e. The zero-order valence-corrected chi connectivity index (χ0v) is 21.0. The summed E-state index contributed by atoms with van der Waals surface area (Å²) in [6.45, 7) is 2.49. The highest BCUT2D eigenvalue weighted by molar-refractivity contribution is 6.30. The molecule has 0 spiro atoms.